The Kier molecular flexibility index (Phi) is 8.62. The number of allylic oxidation sites excluding steroid dienone is 2. The van der Waals surface area contributed by atoms with E-state index < -0.39 is 0 Å². The molecule has 0 saturated heterocycles. The maximum Gasteiger partial charge on any atom is -0.147 e. The number of hydrogen-bond acceptors (Lipinski definition) is 1. The normalized spacial score (nSPS) is 17.0. The molecule has 4 heteroatoms. The Bertz CT molecular complexity index is 254. The average Bonchev–Trinajstić information content (AvgIpc) is 2.30. The Balaban J connectivity index is 0. The van der Waals surface area contributed by atoms with Crippen LogP contribution in [0.4, 0.5) is 0 Å². The van der Waals surface area contributed by atoms with Gasteiger partial charge in [-0.3, -0.25) is 0 Å². The van der Waals surface area contributed by atoms with E-state index in [0.717, 1.165) is 6.42 Å². The summed E-state index contributed by atoms with van der Waals surface area (Å²) in [4.78, 5) is 0. The maximum absolute atomic E-state index is 5.88. The Labute approximate surface area is 117 Å². The van der Waals surface area contributed by atoms with E-state index in [2.05, 4.69) is 60.3 Å². The van der Waals surface area contributed by atoms with Crippen LogP contribution in [0.1, 0.15) is 34.1 Å². The number of ether oxygens (including phenoxy) is 1. The van der Waals surface area contributed by atoms with E-state index in [9.17, 15) is 0 Å². The zero-order valence-corrected chi connectivity index (χ0v) is 12.9. The Morgan fingerprint density at radius 2 is 1.87 bits per heavy atom. The van der Waals surface area contributed by atoms with E-state index >= 15 is 0 Å². The minimum atomic E-state index is -0.0525. The second kappa shape index (κ2) is 7.14. The van der Waals surface area contributed by atoms with Gasteiger partial charge in [0, 0.05) is 0 Å². The van der Waals surface area contributed by atoms with Gasteiger partial charge in [-0.2, -0.15) is 0 Å². The first-order chi connectivity index (χ1) is 5.90. The van der Waals surface area contributed by atoms with Crippen molar-refractivity contribution in [1.29, 1.82) is 0 Å². The molecule has 1 nitrogen and oxygen atoms in total. The van der Waals surface area contributed by atoms with Crippen molar-refractivity contribution < 1.29 is 25.2 Å². The summed E-state index contributed by atoms with van der Waals surface area (Å²) in [7, 11) is 0. The zero-order chi connectivity index (χ0) is 10.1. The fraction of sp³-hybridized carbons (Fsp3) is 0.636. The van der Waals surface area contributed by atoms with E-state index in [1.165, 1.54) is 9.45 Å². The molecule has 15 heavy (non-hydrogen) atoms. The van der Waals surface area contributed by atoms with E-state index in [0.29, 0.717) is 0 Å². The molecule has 0 aliphatic heterocycles. The summed E-state index contributed by atoms with van der Waals surface area (Å²) >= 11 is 2.18. The smallest absolute Gasteiger partial charge is 0.147 e. The molecule has 1 unspecified atom stereocenters. The fourth-order valence-corrected chi connectivity index (χ4v) is 2.13. The predicted molar refractivity (Wildman–Crippen MR) is 65.6 cm³/mol. The monoisotopic (exact) mass is 285 g/mol. The topological polar surface area (TPSA) is 9.23 Å². The largest absolute Gasteiger partial charge is 0.147 e. The number of halogens is 2. The standard InChI is InChI=1S/C11H17O.2ClH.Ti/c1-9(12-11(2,3)4)10-7-5-6-8-10;;;/h5,7,9H,6H2,1-4H3;2*1H;. The van der Waals surface area contributed by atoms with Crippen LogP contribution in [-0.4, -0.2) is 11.7 Å². The summed E-state index contributed by atoms with van der Waals surface area (Å²) in [5.74, 6) is 0. The van der Waals surface area contributed by atoms with Crippen molar-refractivity contribution in [2.45, 2.75) is 45.8 Å². The van der Waals surface area contributed by atoms with E-state index in [4.69, 9.17) is 4.74 Å². The third-order valence-electron chi connectivity index (χ3n) is 1.94. The summed E-state index contributed by atoms with van der Waals surface area (Å²) in [6.07, 6.45) is 5.70. The molecule has 87 valence electrons. The Hall–Kier alpha value is 0.734. The predicted octanol–water partition coefficient (Wildman–Crippen LogP) is 3.79. The van der Waals surface area contributed by atoms with Crippen molar-refractivity contribution >= 4 is 24.8 Å². The molecule has 1 aliphatic carbocycles. The minimum Gasteiger partial charge on any atom is -0.147 e. The van der Waals surface area contributed by atoms with Crippen LogP contribution >= 0.6 is 24.8 Å². The van der Waals surface area contributed by atoms with Gasteiger partial charge in [0.15, 0.2) is 0 Å². The van der Waals surface area contributed by atoms with Crippen LogP contribution in [0.5, 0.6) is 0 Å². The summed E-state index contributed by atoms with van der Waals surface area (Å²) in [6, 6.07) is 0. The van der Waals surface area contributed by atoms with E-state index in [1.807, 2.05) is 0 Å². The summed E-state index contributed by atoms with van der Waals surface area (Å²) in [5, 5.41) is 0. The fourth-order valence-electron chi connectivity index (χ4n) is 1.50. The van der Waals surface area contributed by atoms with Crippen molar-refractivity contribution in [3.8, 4) is 0 Å². The van der Waals surface area contributed by atoms with Gasteiger partial charge in [-0.1, -0.05) is 0 Å². The molecule has 0 amide bonds. The molecule has 0 bridgehead atoms. The van der Waals surface area contributed by atoms with Gasteiger partial charge in [0.2, 0.25) is 0 Å². The van der Waals surface area contributed by atoms with Crippen LogP contribution in [0.2, 0.25) is 0 Å². The number of rotatable bonds is 2. The SMILES string of the molecule is CC(OC(C)(C)C)C1=[C]([Ti])CC=C1.Cl.Cl. The van der Waals surface area contributed by atoms with Gasteiger partial charge in [-0.25, -0.2) is 0 Å². The van der Waals surface area contributed by atoms with Crippen LogP contribution in [0, 0.1) is 0 Å². The summed E-state index contributed by atoms with van der Waals surface area (Å²) in [5.41, 5.74) is 1.30. The summed E-state index contributed by atoms with van der Waals surface area (Å²) < 4.78 is 7.32. The van der Waals surface area contributed by atoms with Crippen LogP contribution in [0.15, 0.2) is 21.6 Å². The van der Waals surface area contributed by atoms with Crippen molar-refractivity contribution in [1.82, 2.24) is 0 Å². The molecule has 0 heterocycles. The van der Waals surface area contributed by atoms with Crippen LogP contribution in [0.25, 0.3) is 0 Å². The van der Waals surface area contributed by atoms with Crippen molar-refractivity contribution in [3.05, 3.63) is 21.6 Å². The molecule has 0 radical (unpaired) electrons. The van der Waals surface area contributed by atoms with Crippen LogP contribution < -0.4 is 0 Å². The van der Waals surface area contributed by atoms with Gasteiger partial charge in [0.25, 0.3) is 0 Å². The van der Waals surface area contributed by atoms with Gasteiger partial charge in [-0.05, 0) is 0 Å². The van der Waals surface area contributed by atoms with Crippen molar-refractivity contribution in [2.75, 3.05) is 0 Å². The zero-order valence-electron chi connectivity index (χ0n) is 9.66. The molecule has 1 aliphatic rings. The van der Waals surface area contributed by atoms with E-state index in [1.54, 1.807) is 0 Å². The van der Waals surface area contributed by atoms with Crippen LogP contribution in [-0.2, 0) is 25.2 Å². The second-order valence-corrected chi connectivity index (χ2v) is 5.36. The minimum absolute atomic E-state index is 0. The first-order valence-electron chi connectivity index (χ1n) is 4.69. The first kappa shape index (κ1) is 18.1. The summed E-state index contributed by atoms with van der Waals surface area (Å²) in [6.45, 7) is 8.41. The third kappa shape index (κ3) is 6.14. The van der Waals surface area contributed by atoms with Gasteiger partial charge in [0.1, 0.15) is 0 Å². The molecule has 0 fully saturated rings. The average molecular weight is 286 g/mol. The first-order valence-corrected chi connectivity index (χ1v) is 5.47. The molecule has 1 rings (SSSR count). The second-order valence-electron chi connectivity index (χ2n) is 4.41. The van der Waals surface area contributed by atoms with E-state index in [-0.39, 0.29) is 36.5 Å². The number of hydrogen-bond donors (Lipinski definition) is 0. The molecule has 0 spiro atoms. The van der Waals surface area contributed by atoms with Gasteiger partial charge in [-0.15, -0.1) is 24.8 Å². The Morgan fingerprint density at radius 3 is 2.20 bits per heavy atom. The quantitative estimate of drug-likeness (QED) is 0.702. The molecular formula is C11H19Cl2OTi. The Morgan fingerprint density at radius 1 is 1.33 bits per heavy atom. The van der Waals surface area contributed by atoms with Gasteiger partial charge >= 0.3 is 92.6 Å². The molecule has 0 aromatic heterocycles. The molecule has 1 atom stereocenters. The van der Waals surface area contributed by atoms with Gasteiger partial charge < -0.3 is 0 Å². The molecule has 0 N–H and O–H groups in total. The van der Waals surface area contributed by atoms with Crippen molar-refractivity contribution in [3.63, 3.8) is 0 Å². The maximum atomic E-state index is 5.88. The van der Waals surface area contributed by atoms with Crippen molar-refractivity contribution in [2.24, 2.45) is 0 Å². The molecule has 0 saturated carbocycles. The molecule has 0 aromatic carbocycles. The molecular weight excluding hydrogens is 267 g/mol. The third-order valence-corrected chi connectivity index (χ3v) is 2.71. The van der Waals surface area contributed by atoms with Crippen LogP contribution in [0.3, 0.4) is 0 Å². The van der Waals surface area contributed by atoms with Gasteiger partial charge in [0.05, 0.1) is 0 Å². The molecule has 0 aromatic rings.